The van der Waals surface area contributed by atoms with Gasteiger partial charge in [-0.15, -0.1) is 0 Å². The summed E-state index contributed by atoms with van der Waals surface area (Å²) in [4.78, 5) is 31.0. The first-order chi connectivity index (χ1) is 12.0. The maximum Gasteiger partial charge on any atom is 0.341 e. The van der Waals surface area contributed by atoms with E-state index in [2.05, 4.69) is 4.99 Å². The summed E-state index contributed by atoms with van der Waals surface area (Å²) >= 11 is 0. The lowest BCUT2D eigenvalue weighted by Crippen LogP contribution is -2.31. The molecule has 132 valence electrons. The standard InChI is InChI=1S/C19H22N2O4/c1-13-10-21(2)11-17(20-13)18(22)9-14-7-5-6-8-15(14)16(12-24-3)19(23)25-4/h5-8,10,12H,9,11H2,1-4H3. The lowest BCUT2D eigenvalue weighted by Gasteiger charge is -2.20. The average Bonchev–Trinajstić information content (AvgIpc) is 2.59. The number of aliphatic imine (C=N–C) groups is 1. The van der Waals surface area contributed by atoms with Gasteiger partial charge in [-0.2, -0.15) is 0 Å². The zero-order valence-corrected chi connectivity index (χ0v) is 14.9. The first kappa shape index (κ1) is 18.4. The molecule has 1 aliphatic rings. The molecule has 2 rings (SSSR count). The van der Waals surface area contributed by atoms with Crippen molar-refractivity contribution in [1.29, 1.82) is 0 Å². The largest absolute Gasteiger partial charge is 0.503 e. The van der Waals surface area contributed by atoms with Gasteiger partial charge in [0.25, 0.3) is 0 Å². The second-order valence-corrected chi connectivity index (χ2v) is 5.76. The number of carbonyl (C=O) groups is 2. The number of allylic oxidation sites excluding steroid dienone is 1. The van der Waals surface area contributed by atoms with Gasteiger partial charge in [0.15, 0.2) is 5.78 Å². The van der Waals surface area contributed by atoms with Crippen molar-refractivity contribution in [3.63, 3.8) is 0 Å². The molecule has 0 amide bonds. The van der Waals surface area contributed by atoms with Crippen LogP contribution >= 0.6 is 0 Å². The Morgan fingerprint density at radius 1 is 1.28 bits per heavy atom. The van der Waals surface area contributed by atoms with Gasteiger partial charge in [0.2, 0.25) is 0 Å². The summed E-state index contributed by atoms with van der Waals surface area (Å²) in [5, 5.41) is 0. The van der Waals surface area contributed by atoms with Crippen LogP contribution in [-0.2, 0) is 25.5 Å². The molecule has 1 heterocycles. The van der Waals surface area contributed by atoms with Crippen LogP contribution in [-0.4, -0.2) is 50.2 Å². The Morgan fingerprint density at radius 3 is 2.64 bits per heavy atom. The molecule has 6 heteroatoms. The van der Waals surface area contributed by atoms with Crippen molar-refractivity contribution in [2.24, 2.45) is 4.99 Å². The fraction of sp³-hybridized carbons (Fsp3) is 0.316. The Bertz CT molecular complexity index is 762. The maximum absolute atomic E-state index is 12.7. The monoisotopic (exact) mass is 342 g/mol. The minimum Gasteiger partial charge on any atom is -0.503 e. The molecule has 0 radical (unpaired) electrons. The molecule has 0 bridgehead atoms. The fourth-order valence-electron chi connectivity index (χ4n) is 2.69. The molecule has 0 spiro atoms. The number of hydrogen-bond donors (Lipinski definition) is 0. The van der Waals surface area contributed by atoms with Crippen LogP contribution < -0.4 is 0 Å². The van der Waals surface area contributed by atoms with Crippen molar-refractivity contribution in [2.75, 3.05) is 27.8 Å². The number of rotatable bonds is 6. The van der Waals surface area contributed by atoms with E-state index in [4.69, 9.17) is 9.47 Å². The highest BCUT2D eigenvalue weighted by atomic mass is 16.5. The van der Waals surface area contributed by atoms with Crippen molar-refractivity contribution in [3.8, 4) is 0 Å². The summed E-state index contributed by atoms with van der Waals surface area (Å²) < 4.78 is 9.81. The van der Waals surface area contributed by atoms with E-state index >= 15 is 0 Å². The number of methoxy groups -OCH3 is 2. The first-order valence-corrected chi connectivity index (χ1v) is 7.85. The van der Waals surface area contributed by atoms with E-state index in [1.165, 1.54) is 20.5 Å². The van der Waals surface area contributed by atoms with Crippen LogP contribution in [0.25, 0.3) is 5.57 Å². The van der Waals surface area contributed by atoms with Gasteiger partial charge < -0.3 is 14.4 Å². The zero-order valence-electron chi connectivity index (χ0n) is 14.9. The maximum atomic E-state index is 12.7. The molecule has 1 aromatic rings. The van der Waals surface area contributed by atoms with Crippen molar-refractivity contribution >= 4 is 23.0 Å². The molecule has 0 aliphatic carbocycles. The van der Waals surface area contributed by atoms with Crippen LogP contribution in [0, 0.1) is 0 Å². The minimum atomic E-state index is -0.518. The lowest BCUT2D eigenvalue weighted by molar-refractivity contribution is -0.133. The third-order valence-corrected chi connectivity index (χ3v) is 3.74. The molecule has 6 nitrogen and oxygen atoms in total. The smallest absolute Gasteiger partial charge is 0.341 e. The van der Waals surface area contributed by atoms with Crippen LogP contribution in [0.1, 0.15) is 18.1 Å². The van der Waals surface area contributed by atoms with Crippen molar-refractivity contribution in [1.82, 2.24) is 4.90 Å². The van der Waals surface area contributed by atoms with E-state index in [0.29, 0.717) is 17.8 Å². The van der Waals surface area contributed by atoms with E-state index in [9.17, 15) is 9.59 Å². The fourth-order valence-corrected chi connectivity index (χ4v) is 2.69. The molecule has 1 aromatic carbocycles. The molecule has 0 aromatic heterocycles. The summed E-state index contributed by atoms with van der Waals surface area (Å²) in [5.41, 5.74) is 2.90. The van der Waals surface area contributed by atoms with Crippen LogP contribution in [0.5, 0.6) is 0 Å². The van der Waals surface area contributed by atoms with Gasteiger partial charge in [0.1, 0.15) is 11.3 Å². The van der Waals surface area contributed by atoms with Crippen molar-refractivity contribution in [3.05, 3.63) is 53.6 Å². The normalized spacial score (nSPS) is 14.6. The van der Waals surface area contributed by atoms with Crippen LogP contribution in [0.4, 0.5) is 0 Å². The average molecular weight is 342 g/mol. The molecule has 0 saturated carbocycles. The Kier molecular flexibility index (Phi) is 6.11. The van der Waals surface area contributed by atoms with Gasteiger partial charge >= 0.3 is 5.97 Å². The number of Topliss-reactive ketones (excluding diaryl/α,β-unsaturated/α-hetero) is 1. The first-order valence-electron chi connectivity index (χ1n) is 7.85. The molecule has 0 fully saturated rings. The highest BCUT2D eigenvalue weighted by Gasteiger charge is 2.21. The number of esters is 1. The number of ketones is 1. The summed E-state index contributed by atoms with van der Waals surface area (Å²) in [7, 11) is 4.66. The quantitative estimate of drug-likeness (QED) is 0.450. The summed E-state index contributed by atoms with van der Waals surface area (Å²) in [5.74, 6) is -0.594. The Hall–Kier alpha value is -2.89. The molecular weight excluding hydrogens is 320 g/mol. The van der Waals surface area contributed by atoms with Gasteiger partial charge in [-0.1, -0.05) is 24.3 Å². The van der Waals surface area contributed by atoms with E-state index in [0.717, 1.165) is 11.3 Å². The predicted octanol–water partition coefficient (Wildman–Crippen LogP) is 2.21. The van der Waals surface area contributed by atoms with Gasteiger partial charge in [-0.3, -0.25) is 9.79 Å². The van der Waals surface area contributed by atoms with E-state index in [1.807, 2.05) is 37.2 Å². The summed E-state index contributed by atoms with van der Waals surface area (Å²) in [6.45, 7) is 2.32. The Balaban J connectivity index is 2.32. The second-order valence-electron chi connectivity index (χ2n) is 5.76. The van der Waals surface area contributed by atoms with Crippen LogP contribution in [0.15, 0.2) is 47.4 Å². The van der Waals surface area contributed by atoms with Crippen molar-refractivity contribution < 1.29 is 19.1 Å². The van der Waals surface area contributed by atoms with Crippen LogP contribution in [0.3, 0.4) is 0 Å². The predicted molar refractivity (Wildman–Crippen MR) is 96.0 cm³/mol. The third-order valence-electron chi connectivity index (χ3n) is 3.74. The van der Waals surface area contributed by atoms with E-state index in [1.54, 1.807) is 12.1 Å². The summed E-state index contributed by atoms with van der Waals surface area (Å²) in [6, 6.07) is 7.21. The topological polar surface area (TPSA) is 68.2 Å². The highest BCUT2D eigenvalue weighted by molar-refractivity contribution is 6.41. The number of carbonyl (C=O) groups excluding carboxylic acids is 2. The second kappa shape index (κ2) is 8.28. The highest BCUT2D eigenvalue weighted by Crippen LogP contribution is 2.22. The number of hydrogen-bond acceptors (Lipinski definition) is 6. The van der Waals surface area contributed by atoms with Gasteiger partial charge in [-0.25, -0.2) is 4.79 Å². The molecular formula is C19H22N2O4. The number of ether oxygens (including phenoxy) is 2. The third kappa shape index (κ3) is 4.56. The van der Waals surface area contributed by atoms with E-state index < -0.39 is 5.97 Å². The Morgan fingerprint density at radius 2 is 2.00 bits per heavy atom. The summed E-state index contributed by atoms with van der Waals surface area (Å²) in [6.07, 6.45) is 3.36. The molecule has 0 unspecified atom stereocenters. The molecule has 25 heavy (non-hydrogen) atoms. The SMILES string of the molecule is COC=C(C(=O)OC)c1ccccc1CC(=O)C1=NC(C)=CN(C)C1. The van der Waals surface area contributed by atoms with Gasteiger partial charge in [-0.05, 0) is 18.1 Å². The molecule has 0 N–H and O–H groups in total. The molecule has 0 saturated heterocycles. The Labute approximate surface area is 147 Å². The molecule has 0 atom stereocenters. The molecule has 1 aliphatic heterocycles. The number of benzene rings is 1. The van der Waals surface area contributed by atoms with Crippen LogP contribution in [0.2, 0.25) is 0 Å². The van der Waals surface area contributed by atoms with Gasteiger partial charge in [0.05, 0.1) is 32.7 Å². The van der Waals surface area contributed by atoms with Crippen molar-refractivity contribution in [2.45, 2.75) is 13.3 Å². The number of nitrogens with zero attached hydrogens (tertiary/aromatic N) is 2. The minimum absolute atomic E-state index is 0.0756. The van der Waals surface area contributed by atoms with Gasteiger partial charge in [0, 0.05) is 19.7 Å². The lowest BCUT2D eigenvalue weighted by atomic mass is 9.95. The van der Waals surface area contributed by atoms with E-state index in [-0.39, 0.29) is 17.8 Å². The zero-order chi connectivity index (χ0) is 18.4.